The highest BCUT2D eigenvalue weighted by Gasteiger charge is 2.14. The van der Waals surface area contributed by atoms with Crippen molar-refractivity contribution in [1.29, 1.82) is 0 Å². The van der Waals surface area contributed by atoms with Gasteiger partial charge in [-0.15, -0.1) is 11.3 Å². The molecule has 0 radical (unpaired) electrons. The Hall–Kier alpha value is -1.94. The molecule has 0 aliphatic heterocycles. The number of hydrogen-bond acceptors (Lipinski definition) is 3. The standard InChI is InChI=1S/C18H8Cl2N2S/c19-17-12-7-8-13-14(15(12)21-18(20)22-17)11-6-5-9-3-1-2-4-10(9)16(11)23-13/h1-8H. The molecule has 23 heavy (non-hydrogen) atoms. The van der Waals surface area contributed by atoms with Crippen LogP contribution in [0.25, 0.3) is 41.8 Å². The van der Waals surface area contributed by atoms with E-state index in [-0.39, 0.29) is 5.28 Å². The second kappa shape index (κ2) is 4.78. The maximum absolute atomic E-state index is 6.24. The Morgan fingerprint density at radius 3 is 2.52 bits per heavy atom. The van der Waals surface area contributed by atoms with Crippen molar-refractivity contribution in [1.82, 2.24) is 9.97 Å². The summed E-state index contributed by atoms with van der Waals surface area (Å²) in [5.41, 5.74) is 0.814. The van der Waals surface area contributed by atoms with Gasteiger partial charge >= 0.3 is 0 Å². The van der Waals surface area contributed by atoms with Crippen molar-refractivity contribution >= 4 is 76.4 Å². The highest BCUT2D eigenvalue weighted by molar-refractivity contribution is 7.26. The van der Waals surface area contributed by atoms with Crippen LogP contribution in [-0.4, -0.2) is 9.97 Å². The maximum atomic E-state index is 6.24. The van der Waals surface area contributed by atoms with Crippen LogP contribution >= 0.6 is 34.5 Å². The Morgan fingerprint density at radius 2 is 1.61 bits per heavy atom. The number of halogens is 2. The smallest absolute Gasteiger partial charge is 0.217 e. The van der Waals surface area contributed by atoms with Crippen LogP contribution in [0.5, 0.6) is 0 Å². The molecule has 2 nitrogen and oxygen atoms in total. The minimum Gasteiger partial charge on any atom is -0.217 e. The van der Waals surface area contributed by atoms with Gasteiger partial charge in [0.1, 0.15) is 5.15 Å². The van der Waals surface area contributed by atoms with Gasteiger partial charge < -0.3 is 0 Å². The van der Waals surface area contributed by atoms with Crippen molar-refractivity contribution < 1.29 is 0 Å². The van der Waals surface area contributed by atoms with Gasteiger partial charge in [0.05, 0.1) is 5.52 Å². The number of nitrogens with zero attached hydrogens (tertiary/aromatic N) is 2. The second-order valence-corrected chi connectivity index (χ2v) is 7.13. The molecule has 0 saturated carbocycles. The third-order valence-corrected chi connectivity index (χ3v) is 5.78. The molecule has 3 aromatic carbocycles. The molecule has 2 aromatic heterocycles. The van der Waals surface area contributed by atoms with E-state index in [1.165, 1.54) is 25.6 Å². The van der Waals surface area contributed by atoms with E-state index in [2.05, 4.69) is 52.4 Å². The molecule has 5 rings (SSSR count). The van der Waals surface area contributed by atoms with Gasteiger partial charge in [-0.1, -0.05) is 48.0 Å². The van der Waals surface area contributed by atoms with Crippen molar-refractivity contribution in [3.63, 3.8) is 0 Å². The number of benzene rings is 3. The topological polar surface area (TPSA) is 25.8 Å². The first kappa shape index (κ1) is 13.5. The van der Waals surface area contributed by atoms with Gasteiger partial charge in [-0.25, -0.2) is 9.97 Å². The molecular formula is C18H8Cl2N2S. The van der Waals surface area contributed by atoms with E-state index >= 15 is 0 Å². The van der Waals surface area contributed by atoms with E-state index in [1.54, 1.807) is 11.3 Å². The van der Waals surface area contributed by atoms with E-state index in [0.717, 1.165) is 16.3 Å². The number of rotatable bonds is 0. The normalized spacial score (nSPS) is 11.9. The van der Waals surface area contributed by atoms with Crippen LogP contribution in [0.1, 0.15) is 0 Å². The molecule has 5 aromatic rings. The summed E-state index contributed by atoms with van der Waals surface area (Å²) in [5.74, 6) is 0. The van der Waals surface area contributed by atoms with Gasteiger partial charge in [0.2, 0.25) is 5.28 Å². The molecule has 0 saturated heterocycles. The summed E-state index contributed by atoms with van der Waals surface area (Å²) in [6, 6.07) is 16.8. The van der Waals surface area contributed by atoms with Crippen LogP contribution in [0.3, 0.4) is 0 Å². The fourth-order valence-electron chi connectivity index (χ4n) is 3.12. The van der Waals surface area contributed by atoms with Crippen molar-refractivity contribution in [3.8, 4) is 0 Å². The molecule has 2 heterocycles. The predicted molar refractivity (Wildman–Crippen MR) is 100.0 cm³/mol. The Bertz CT molecular complexity index is 1240. The molecule has 0 N–H and O–H groups in total. The summed E-state index contributed by atoms with van der Waals surface area (Å²) in [5, 5.41) is 6.17. The number of thiophene rings is 1. The van der Waals surface area contributed by atoms with Gasteiger partial charge in [-0.05, 0) is 34.5 Å². The summed E-state index contributed by atoms with van der Waals surface area (Å²) in [4.78, 5) is 8.49. The predicted octanol–water partition coefficient (Wildman–Crippen LogP) is 6.46. The van der Waals surface area contributed by atoms with Crippen LogP contribution in [0.4, 0.5) is 0 Å². The quantitative estimate of drug-likeness (QED) is 0.235. The molecule has 5 heteroatoms. The van der Waals surface area contributed by atoms with Gasteiger partial charge in [0.15, 0.2) is 0 Å². The lowest BCUT2D eigenvalue weighted by Crippen LogP contribution is -1.87. The zero-order valence-electron chi connectivity index (χ0n) is 11.7. The number of aromatic nitrogens is 2. The van der Waals surface area contributed by atoms with Gasteiger partial charge in [-0.2, -0.15) is 0 Å². The third kappa shape index (κ3) is 1.88. The number of hydrogen-bond donors (Lipinski definition) is 0. The molecule has 0 aliphatic rings. The Morgan fingerprint density at radius 1 is 0.783 bits per heavy atom. The highest BCUT2D eigenvalue weighted by atomic mass is 35.5. The summed E-state index contributed by atoms with van der Waals surface area (Å²) in [6.45, 7) is 0. The van der Waals surface area contributed by atoms with Crippen molar-refractivity contribution in [2.45, 2.75) is 0 Å². The van der Waals surface area contributed by atoms with E-state index < -0.39 is 0 Å². The van der Waals surface area contributed by atoms with Crippen LogP contribution in [0.15, 0.2) is 48.5 Å². The van der Waals surface area contributed by atoms with E-state index in [9.17, 15) is 0 Å². The first-order chi connectivity index (χ1) is 11.2. The largest absolute Gasteiger partial charge is 0.224 e. The molecular weight excluding hydrogens is 347 g/mol. The lowest BCUT2D eigenvalue weighted by Gasteiger charge is -2.03. The number of fused-ring (bicyclic) bond motifs is 7. The summed E-state index contributed by atoms with van der Waals surface area (Å²) in [6.07, 6.45) is 0. The maximum Gasteiger partial charge on any atom is 0.224 e. The molecule has 110 valence electrons. The van der Waals surface area contributed by atoms with E-state index in [0.29, 0.717) is 5.15 Å². The Labute approximate surface area is 145 Å². The Kier molecular flexibility index (Phi) is 2.80. The highest BCUT2D eigenvalue weighted by Crippen LogP contribution is 2.42. The summed E-state index contributed by atoms with van der Waals surface area (Å²) < 4.78 is 2.44. The summed E-state index contributed by atoms with van der Waals surface area (Å²) in [7, 11) is 0. The van der Waals surface area contributed by atoms with Crippen LogP contribution in [0, 0.1) is 0 Å². The first-order valence-electron chi connectivity index (χ1n) is 7.08. The van der Waals surface area contributed by atoms with Crippen LogP contribution < -0.4 is 0 Å². The lowest BCUT2D eigenvalue weighted by atomic mass is 10.0. The van der Waals surface area contributed by atoms with E-state index in [1.807, 2.05) is 6.07 Å². The zero-order valence-corrected chi connectivity index (χ0v) is 14.0. The Balaban J connectivity index is 2.09. The molecule has 0 atom stereocenters. The van der Waals surface area contributed by atoms with Crippen molar-refractivity contribution in [2.75, 3.05) is 0 Å². The van der Waals surface area contributed by atoms with Crippen LogP contribution in [0.2, 0.25) is 10.4 Å². The second-order valence-electron chi connectivity index (χ2n) is 5.38. The molecule has 0 spiro atoms. The lowest BCUT2D eigenvalue weighted by molar-refractivity contribution is 1.23. The van der Waals surface area contributed by atoms with Gasteiger partial charge in [0.25, 0.3) is 0 Å². The molecule has 0 bridgehead atoms. The molecule has 0 amide bonds. The molecule has 0 fully saturated rings. The van der Waals surface area contributed by atoms with Gasteiger partial charge in [-0.3, -0.25) is 0 Å². The SMILES string of the molecule is Clc1nc(Cl)c2ccc3sc4c5ccccc5ccc4c3c2n1. The zero-order chi connectivity index (χ0) is 15.6. The minimum atomic E-state index is 0.176. The van der Waals surface area contributed by atoms with Crippen LogP contribution in [-0.2, 0) is 0 Å². The van der Waals surface area contributed by atoms with Gasteiger partial charge in [0, 0.05) is 25.6 Å². The third-order valence-electron chi connectivity index (χ3n) is 4.12. The monoisotopic (exact) mass is 354 g/mol. The van der Waals surface area contributed by atoms with E-state index in [4.69, 9.17) is 23.2 Å². The average molecular weight is 355 g/mol. The summed E-state index contributed by atoms with van der Waals surface area (Å²) >= 11 is 14.0. The van der Waals surface area contributed by atoms with Crippen molar-refractivity contribution in [3.05, 3.63) is 59.0 Å². The fraction of sp³-hybridized carbons (Fsp3) is 0. The average Bonchev–Trinajstić information content (AvgIpc) is 2.94. The fourth-order valence-corrected chi connectivity index (χ4v) is 4.80. The first-order valence-corrected chi connectivity index (χ1v) is 8.65. The minimum absolute atomic E-state index is 0.176. The molecule has 0 aliphatic carbocycles. The molecule has 0 unspecified atom stereocenters. The van der Waals surface area contributed by atoms with Crippen molar-refractivity contribution in [2.24, 2.45) is 0 Å².